The highest BCUT2D eigenvalue weighted by molar-refractivity contribution is 9.10. The molecular formula is C24H27BrF2NO6P. The van der Waals surface area contributed by atoms with Crippen molar-refractivity contribution >= 4 is 40.6 Å². The standard InChI is InChI=1S/C24H27BrF2NO6P/c1-14(2)32-23(29)33-34-35(30,31-6)24(26,27)20-11-10-18(12-21(20)25)13-28-17(5)16(4)19-9-7-8-15(3)22(19)28/h7-12,14H,13H2,1-6H3. The lowest BCUT2D eigenvalue weighted by Gasteiger charge is -2.24. The van der Waals surface area contributed by atoms with Crippen molar-refractivity contribution in [2.45, 2.75) is 52.9 Å². The maximum Gasteiger partial charge on any atom is 0.541 e. The Labute approximate surface area is 210 Å². The number of para-hydroxylation sites is 1. The highest BCUT2D eigenvalue weighted by Crippen LogP contribution is 2.67. The molecule has 0 saturated carbocycles. The van der Waals surface area contributed by atoms with Gasteiger partial charge in [-0.15, -0.1) is 0 Å². The van der Waals surface area contributed by atoms with Crippen molar-refractivity contribution in [1.29, 1.82) is 0 Å². The molecule has 2 aromatic carbocycles. The maximum absolute atomic E-state index is 15.3. The Hall–Kier alpha value is -2.26. The van der Waals surface area contributed by atoms with Crippen molar-refractivity contribution in [2.75, 3.05) is 7.11 Å². The van der Waals surface area contributed by atoms with Crippen LogP contribution in [0.1, 0.15) is 41.8 Å². The van der Waals surface area contributed by atoms with Crippen LogP contribution in [-0.2, 0) is 35.6 Å². The topological polar surface area (TPSA) is 76.0 Å². The number of rotatable bonds is 8. The molecule has 35 heavy (non-hydrogen) atoms. The molecule has 3 rings (SSSR count). The van der Waals surface area contributed by atoms with Gasteiger partial charge in [-0.2, -0.15) is 8.78 Å². The molecule has 0 aliphatic rings. The number of hydrogen-bond acceptors (Lipinski definition) is 6. The Morgan fingerprint density at radius 1 is 1.17 bits per heavy atom. The highest BCUT2D eigenvalue weighted by Gasteiger charge is 2.57. The number of benzene rings is 2. The summed E-state index contributed by atoms with van der Waals surface area (Å²) in [6.45, 7) is 9.57. The second-order valence-corrected chi connectivity index (χ2v) is 11.3. The summed E-state index contributed by atoms with van der Waals surface area (Å²) < 4.78 is 58.9. The van der Waals surface area contributed by atoms with E-state index in [1.807, 2.05) is 26.0 Å². The summed E-state index contributed by atoms with van der Waals surface area (Å²) in [4.78, 5) is 15.7. The van der Waals surface area contributed by atoms with Crippen molar-refractivity contribution < 1.29 is 37.0 Å². The lowest BCUT2D eigenvalue weighted by atomic mass is 10.1. The smallest absolute Gasteiger partial charge is 0.430 e. The zero-order valence-corrected chi connectivity index (χ0v) is 22.7. The predicted molar refractivity (Wildman–Crippen MR) is 132 cm³/mol. The second kappa shape index (κ2) is 10.4. The highest BCUT2D eigenvalue weighted by atomic mass is 79.9. The number of aryl methyl sites for hydroxylation is 2. The van der Waals surface area contributed by atoms with E-state index in [9.17, 15) is 9.36 Å². The van der Waals surface area contributed by atoms with Crippen LogP contribution in [0.15, 0.2) is 40.9 Å². The van der Waals surface area contributed by atoms with Crippen molar-refractivity contribution in [3.63, 3.8) is 0 Å². The molecule has 1 heterocycles. The van der Waals surface area contributed by atoms with Crippen LogP contribution in [0.25, 0.3) is 10.9 Å². The van der Waals surface area contributed by atoms with Crippen LogP contribution >= 0.6 is 23.5 Å². The lowest BCUT2D eigenvalue weighted by Crippen LogP contribution is -2.20. The zero-order valence-electron chi connectivity index (χ0n) is 20.2. The maximum atomic E-state index is 15.3. The van der Waals surface area contributed by atoms with Gasteiger partial charge >= 0.3 is 19.4 Å². The van der Waals surface area contributed by atoms with E-state index in [-0.39, 0.29) is 4.47 Å². The van der Waals surface area contributed by atoms with Crippen LogP contribution in [0.4, 0.5) is 13.6 Å². The first-order valence-corrected chi connectivity index (χ1v) is 13.1. The van der Waals surface area contributed by atoms with Crippen LogP contribution < -0.4 is 0 Å². The van der Waals surface area contributed by atoms with Gasteiger partial charge in [0.1, 0.15) is 0 Å². The van der Waals surface area contributed by atoms with E-state index >= 15 is 8.78 Å². The molecule has 0 saturated heterocycles. The lowest BCUT2D eigenvalue weighted by molar-refractivity contribution is -0.190. The summed E-state index contributed by atoms with van der Waals surface area (Å²) in [6, 6.07) is 10.3. The summed E-state index contributed by atoms with van der Waals surface area (Å²) in [6.07, 6.45) is -2.01. The van der Waals surface area contributed by atoms with E-state index in [2.05, 4.69) is 52.3 Å². The number of alkyl halides is 2. The minimum absolute atomic E-state index is 0.00631. The Morgan fingerprint density at radius 2 is 1.86 bits per heavy atom. The van der Waals surface area contributed by atoms with Gasteiger partial charge in [-0.1, -0.05) is 50.9 Å². The first-order chi connectivity index (χ1) is 16.3. The molecule has 0 N–H and O–H groups in total. The fourth-order valence-electron chi connectivity index (χ4n) is 3.80. The fraction of sp³-hybridized carbons (Fsp3) is 0.375. The van der Waals surface area contributed by atoms with Gasteiger partial charge in [0.25, 0.3) is 0 Å². The van der Waals surface area contributed by atoms with Crippen LogP contribution in [0, 0.1) is 20.8 Å². The number of halogens is 3. The molecule has 1 unspecified atom stereocenters. The normalized spacial score (nSPS) is 13.8. The zero-order chi connectivity index (χ0) is 26.1. The van der Waals surface area contributed by atoms with Gasteiger partial charge in [0, 0.05) is 34.8 Å². The number of nitrogens with zero attached hydrogens (tertiary/aromatic N) is 1. The van der Waals surface area contributed by atoms with E-state index in [0.29, 0.717) is 6.54 Å². The number of fused-ring (bicyclic) bond motifs is 1. The van der Waals surface area contributed by atoms with Crippen molar-refractivity contribution in [3.05, 3.63) is 68.8 Å². The monoisotopic (exact) mass is 573 g/mol. The third kappa shape index (κ3) is 5.31. The Kier molecular flexibility index (Phi) is 8.11. The molecule has 7 nitrogen and oxygen atoms in total. The molecule has 1 atom stereocenters. The average molecular weight is 574 g/mol. The molecule has 0 amide bonds. The summed E-state index contributed by atoms with van der Waals surface area (Å²) in [5, 5.41) is 1.14. The molecule has 11 heteroatoms. The van der Waals surface area contributed by atoms with Gasteiger partial charge in [0.15, 0.2) is 0 Å². The summed E-state index contributed by atoms with van der Waals surface area (Å²) in [7, 11) is -4.49. The van der Waals surface area contributed by atoms with Crippen LogP contribution in [0.2, 0.25) is 0 Å². The van der Waals surface area contributed by atoms with Crippen molar-refractivity contribution in [2.24, 2.45) is 0 Å². The van der Waals surface area contributed by atoms with Gasteiger partial charge in [-0.3, -0.25) is 4.89 Å². The molecule has 0 aliphatic heterocycles. The summed E-state index contributed by atoms with van der Waals surface area (Å²) in [5.41, 5.74) is 0.368. The van der Waals surface area contributed by atoms with E-state index in [1.54, 1.807) is 0 Å². The van der Waals surface area contributed by atoms with Gasteiger partial charge in [-0.05, 0) is 57.4 Å². The van der Waals surface area contributed by atoms with E-state index in [4.69, 9.17) is 0 Å². The molecule has 1 aromatic heterocycles. The molecule has 190 valence electrons. The number of ether oxygens (including phenoxy) is 1. The minimum Gasteiger partial charge on any atom is -0.430 e. The van der Waals surface area contributed by atoms with Crippen molar-refractivity contribution in [3.8, 4) is 0 Å². The second-order valence-electron chi connectivity index (χ2n) is 8.38. The molecule has 0 radical (unpaired) electrons. The Bertz CT molecular complexity index is 1310. The van der Waals surface area contributed by atoms with Gasteiger partial charge in [-0.25, -0.2) is 9.36 Å². The van der Waals surface area contributed by atoms with E-state index < -0.39 is 31.1 Å². The molecule has 3 aromatic rings. The number of hydrogen-bond donors (Lipinski definition) is 0. The predicted octanol–water partition coefficient (Wildman–Crippen LogP) is 7.76. The van der Waals surface area contributed by atoms with Gasteiger partial charge < -0.3 is 13.8 Å². The molecular weight excluding hydrogens is 547 g/mol. The molecule has 0 fully saturated rings. The third-order valence-electron chi connectivity index (χ3n) is 5.68. The van der Waals surface area contributed by atoms with Gasteiger partial charge in [0.2, 0.25) is 0 Å². The largest absolute Gasteiger partial charge is 0.541 e. The molecule has 0 aliphatic carbocycles. The quantitative estimate of drug-likeness (QED) is 0.119. The first kappa shape index (κ1) is 27.3. The van der Waals surface area contributed by atoms with Crippen LogP contribution in [-0.4, -0.2) is 23.9 Å². The average Bonchev–Trinajstić information content (AvgIpc) is 3.02. The van der Waals surface area contributed by atoms with Crippen molar-refractivity contribution in [1.82, 2.24) is 4.57 Å². The molecule has 0 bridgehead atoms. The van der Waals surface area contributed by atoms with Gasteiger partial charge in [0.05, 0.1) is 11.6 Å². The number of carbonyl (C=O) groups excluding carboxylic acids is 1. The summed E-state index contributed by atoms with van der Waals surface area (Å²) >= 11 is 3.16. The van der Waals surface area contributed by atoms with E-state index in [1.165, 1.54) is 26.0 Å². The summed E-state index contributed by atoms with van der Waals surface area (Å²) in [5.74, 6) is 0. The van der Waals surface area contributed by atoms with Crippen LogP contribution in [0.3, 0.4) is 0 Å². The first-order valence-electron chi connectivity index (χ1n) is 10.8. The fourth-order valence-corrected chi connectivity index (χ4v) is 5.66. The Balaban J connectivity index is 1.91. The minimum atomic E-state index is -5.27. The Morgan fingerprint density at radius 3 is 2.46 bits per heavy atom. The third-order valence-corrected chi connectivity index (χ3v) is 8.01. The SMILES string of the molecule is COP(=O)(OOC(=O)OC(C)C)C(F)(F)c1ccc(Cn2c(C)c(C)c3cccc(C)c32)cc1Br. The molecule has 0 spiro atoms. The van der Waals surface area contributed by atoms with E-state index in [0.717, 1.165) is 46.5 Å². The number of carbonyl (C=O) groups is 1. The van der Waals surface area contributed by atoms with Crippen LogP contribution in [0.5, 0.6) is 0 Å². The number of aromatic nitrogens is 1.